The van der Waals surface area contributed by atoms with E-state index in [0.29, 0.717) is 0 Å². The maximum Gasteiger partial charge on any atom is 0.136 e. The van der Waals surface area contributed by atoms with E-state index in [0.717, 1.165) is 43.3 Å². The van der Waals surface area contributed by atoms with Gasteiger partial charge in [0, 0.05) is 31.7 Å². The molecular formula is C18H20FN3. The lowest BCUT2D eigenvalue weighted by molar-refractivity contribution is 0.216. The minimum absolute atomic E-state index is 0.236. The highest BCUT2D eigenvalue weighted by molar-refractivity contribution is 6.00. The Kier molecular flexibility index (Phi) is 4.49. The van der Waals surface area contributed by atoms with Crippen molar-refractivity contribution >= 4 is 11.5 Å². The molecule has 114 valence electrons. The van der Waals surface area contributed by atoms with Gasteiger partial charge in [-0.15, -0.1) is 0 Å². The van der Waals surface area contributed by atoms with Crippen molar-refractivity contribution in [3.05, 3.63) is 66.0 Å². The Hall–Kier alpha value is -2.20. The van der Waals surface area contributed by atoms with Gasteiger partial charge in [-0.25, -0.2) is 9.38 Å². The van der Waals surface area contributed by atoms with Crippen molar-refractivity contribution in [2.75, 3.05) is 33.2 Å². The summed E-state index contributed by atoms with van der Waals surface area (Å²) in [6, 6.07) is 16.5. The lowest BCUT2D eigenvalue weighted by Gasteiger charge is -2.34. The third-order valence-corrected chi connectivity index (χ3v) is 3.90. The number of rotatable bonds is 2. The molecule has 4 heteroatoms. The van der Waals surface area contributed by atoms with Crippen molar-refractivity contribution in [3.63, 3.8) is 0 Å². The molecule has 2 aromatic rings. The van der Waals surface area contributed by atoms with Crippen molar-refractivity contribution in [2.24, 2.45) is 4.99 Å². The molecule has 1 aliphatic rings. The lowest BCUT2D eigenvalue weighted by Crippen LogP contribution is -2.47. The number of hydrogen-bond acceptors (Lipinski definition) is 2. The minimum atomic E-state index is -0.236. The molecule has 1 aliphatic heterocycles. The van der Waals surface area contributed by atoms with Gasteiger partial charge in [0.15, 0.2) is 0 Å². The van der Waals surface area contributed by atoms with Gasteiger partial charge in [0.25, 0.3) is 0 Å². The van der Waals surface area contributed by atoms with E-state index in [9.17, 15) is 4.39 Å². The van der Waals surface area contributed by atoms with Crippen LogP contribution in [0.1, 0.15) is 5.56 Å². The van der Waals surface area contributed by atoms with Crippen molar-refractivity contribution in [3.8, 4) is 0 Å². The van der Waals surface area contributed by atoms with Gasteiger partial charge < -0.3 is 9.80 Å². The number of halogens is 1. The summed E-state index contributed by atoms with van der Waals surface area (Å²) in [6.07, 6.45) is 0. The van der Waals surface area contributed by atoms with Gasteiger partial charge in [0.2, 0.25) is 0 Å². The van der Waals surface area contributed by atoms with Gasteiger partial charge in [-0.3, -0.25) is 0 Å². The average molecular weight is 297 g/mol. The summed E-state index contributed by atoms with van der Waals surface area (Å²) in [6.45, 7) is 3.95. The van der Waals surface area contributed by atoms with Gasteiger partial charge in [-0.05, 0) is 31.3 Å². The molecule has 3 nitrogen and oxygen atoms in total. The zero-order chi connectivity index (χ0) is 15.4. The molecule has 0 aromatic heterocycles. The van der Waals surface area contributed by atoms with Crippen LogP contribution in [0.4, 0.5) is 10.1 Å². The minimum Gasteiger partial charge on any atom is -0.354 e. The normalized spacial score (nSPS) is 16.8. The summed E-state index contributed by atoms with van der Waals surface area (Å²) in [5, 5.41) is 0. The molecule has 1 heterocycles. The van der Waals surface area contributed by atoms with E-state index in [1.165, 1.54) is 12.1 Å². The van der Waals surface area contributed by atoms with E-state index in [-0.39, 0.29) is 5.82 Å². The molecule has 0 radical (unpaired) electrons. The summed E-state index contributed by atoms with van der Waals surface area (Å²) < 4.78 is 13.1. The number of hydrogen-bond donors (Lipinski definition) is 0. The maximum absolute atomic E-state index is 13.1. The SMILES string of the molecule is CN1CCN(C(=Nc2ccc(F)cc2)c2ccccc2)CC1. The Morgan fingerprint density at radius 3 is 2.18 bits per heavy atom. The summed E-state index contributed by atoms with van der Waals surface area (Å²) in [5.41, 5.74) is 1.87. The Balaban J connectivity index is 1.94. The Morgan fingerprint density at radius 1 is 0.909 bits per heavy atom. The maximum atomic E-state index is 13.1. The molecule has 0 saturated carbocycles. The zero-order valence-corrected chi connectivity index (χ0v) is 12.7. The fourth-order valence-electron chi connectivity index (χ4n) is 2.56. The Labute approximate surface area is 130 Å². The lowest BCUT2D eigenvalue weighted by atomic mass is 10.1. The monoisotopic (exact) mass is 297 g/mol. The molecule has 3 rings (SSSR count). The first kappa shape index (κ1) is 14.7. The predicted octanol–water partition coefficient (Wildman–Crippen LogP) is 3.15. The average Bonchev–Trinajstić information content (AvgIpc) is 2.56. The zero-order valence-electron chi connectivity index (χ0n) is 12.7. The highest BCUT2D eigenvalue weighted by Crippen LogP contribution is 2.17. The first-order valence-electron chi connectivity index (χ1n) is 7.55. The molecule has 22 heavy (non-hydrogen) atoms. The number of piperazine rings is 1. The van der Waals surface area contributed by atoms with E-state index >= 15 is 0 Å². The first-order chi connectivity index (χ1) is 10.7. The molecule has 0 amide bonds. The van der Waals surface area contributed by atoms with Gasteiger partial charge >= 0.3 is 0 Å². The van der Waals surface area contributed by atoms with E-state index < -0.39 is 0 Å². The van der Waals surface area contributed by atoms with Crippen LogP contribution >= 0.6 is 0 Å². The van der Waals surface area contributed by atoms with Gasteiger partial charge in [0.1, 0.15) is 11.7 Å². The largest absolute Gasteiger partial charge is 0.354 e. The van der Waals surface area contributed by atoms with Crippen molar-refractivity contribution < 1.29 is 4.39 Å². The molecule has 1 fully saturated rings. The molecule has 0 unspecified atom stereocenters. The van der Waals surface area contributed by atoms with Crippen LogP contribution in [-0.4, -0.2) is 48.9 Å². The second-order valence-electron chi connectivity index (χ2n) is 5.57. The number of amidine groups is 1. The number of aliphatic imine (C=N–C) groups is 1. The van der Waals surface area contributed by atoms with Crippen LogP contribution in [0.3, 0.4) is 0 Å². The molecule has 0 spiro atoms. The van der Waals surface area contributed by atoms with Gasteiger partial charge in [0.05, 0.1) is 5.69 Å². The molecule has 1 saturated heterocycles. The molecule has 0 atom stereocenters. The van der Waals surface area contributed by atoms with Gasteiger partial charge in [-0.2, -0.15) is 0 Å². The van der Waals surface area contributed by atoms with Crippen molar-refractivity contribution in [1.29, 1.82) is 0 Å². The summed E-state index contributed by atoms with van der Waals surface area (Å²) in [7, 11) is 2.14. The topological polar surface area (TPSA) is 18.8 Å². The second-order valence-corrected chi connectivity index (χ2v) is 5.57. The number of nitrogens with zero attached hydrogens (tertiary/aromatic N) is 3. The van der Waals surface area contributed by atoms with Crippen molar-refractivity contribution in [1.82, 2.24) is 9.80 Å². The summed E-state index contributed by atoms with van der Waals surface area (Å²) >= 11 is 0. The van der Waals surface area contributed by atoms with Crippen LogP contribution in [0.2, 0.25) is 0 Å². The first-order valence-corrected chi connectivity index (χ1v) is 7.55. The molecule has 0 aliphatic carbocycles. The van der Waals surface area contributed by atoms with Crippen LogP contribution in [0.25, 0.3) is 0 Å². The smallest absolute Gasteiger partial charge is 0.136 e. The third-order valence-electron chi connectivity index (χ3n) is 3.90. The quantitative estimate of drug-likeness (QED) is 0.626. The van der Waals surface area contributed by atoms with E-state index in [1.54, 1.807) is 12.1 Å². The van der Waals surface area contributed by atoms with E-state index in [4.69, 9.17) is 4.99 Å². The van der Waals surface area contributed by atoms with Crippen LogP contribution in [-0.2, 0) is 0 Å². The fraction of sp³-hybridized carbons (Fsp3) is 0.278. The Bertz CT molecular complexity index is 629. The Morgan fingerprint density at radius 2 is 1.55 bits per heavy atom. The van der Waals surface area contributed by atoms with E-state index in [1.807, 2.05) is 18.2 Å². The second kappa shape index (κ2) is 6.71. The van der Waals surface area contributed by atoms with Crippen LogP contribution < -0.4 is 0 Å². The van der Waals surface area contributed by atoms with Crippen molar-refractivity contribution in [2.45, 2.75) is 0 Å². The standard InChI is InChI=1S/C18H20FN3/c1-21-11-13-22(14-12-21)18(15-5-3-2-4-6-15)20-17-9-7-16(19)8-10-17/h2-10H,11-14H2,1H3. The highest BCUT2D eigenvalue weighted by Gasteiger charge is 2.18. The summed E-state index contributed by atoms with van der Waals surface area (Å²) in [4.78, 5) is 9.40. The number of likely N-dealkylation sites (N-methyl/N-ethyl adjacent to an activating group) is 1. The van der Waals surface area contributed by atoms with E-state index in [2.05, 4.69) is 29.0 Å². The predicted molar refractivity (Wildman–Crippen MR) is 88.1 cm³/mol. The molecular weight excluding hydrogens is 277 g/mol. The molecule has 0 N–H and O–H groups in total. The van der Waals surface area contributed by atoms with Crippen LogP contribution in [0, 0.1) is 5.82 Å². The van der Waals surface area contributed by atoms with Crippen LogP contribution in [0.5, 0.6) is 0 Å². The third kappa shape index (κ3) is 3.52. The molecule has 2 aromatic carbocycles. The fourth-order valence-corrected chi connectivity index (χ4v) is 2.56. The summed E-state index contributed by atoms with van der Waals surface area (Å²) in [5.74, 6) is 0.722. The van der Waals surface area contributed by atoms with Gasteiger partial charge in [-0.1, -0.05) is 30.3 Å². The number of benzene rings is 2. The molecule has 0 bridgehead atoms. The van der Waals surface area contributed by atoms with Crippen LogP contribution in [0.15, 0.2) is 59.6 Å². The highest BCUT2D eigenvalue weighted by atomic mass is 19.1.